The van der Waals surface area contributed by atoms with Gasteiger partial charge in [0, 0.05) is 26.2 Å². The molecule has 3 amide bonds. The Morgan fingerprint density at radius 1 is 1.35 bits per heavy atom. The predicted octanol–water partition coefficient (Wildman–Crippen LogP) is 0.215. The van der Waals surface area contributed by atoms with Gasteiger partial charge in [0.25, 0.3) is 0 Å². The lowest BCUT2D eigenvalue weighted by atomic mass is 9.99. The van der Waals surface area contributed by atoms with Crippen LogP contribution in [0, 0.1) is 11.8 Å². The van der Waals surface area contributed by atoms with Gasteiger partial charge >= 0.3 is 12.0 Å². The lowest BCUT2D eigenvalue weighted by molar-refractivity contribution is -0.142. The van der Waals surface area contributed by atoms with Crippen molar-refractivity contribution in [2.24, 2.45) is 11.8 Å². The summed E-state index contributed by atoms with van der Waals surface area (Å²) in [6, 6.07) is -0.284. The Hall–Kier alpha value is -1.79. The monoisotopic (exact) mass is 285 g/mol. The fourth-order valence-corrected chi connectivity index (χ4v) is 2.34. The minimum atomic E-state index is -0.881. The summed E-state index contributed by atoms with van der Waals surface area (Å²) in [5.41, 5.74) is 0. The Morgan fingerprint density at radius 3 is 2.40 bits per heavy atom. The van der Waals surface area contributed by atoms with Crippen molar-refractivity contribution in [3.8, 4) is 0 Å². The summed E-state index contributed by atoms with van der Waals surface area (Å²) in [6.45, 7) is 6.09. The first kappa shape index (κ1) is 16.3. The summed E-state index contributed by atoms with van der Waals surface area (Å²) in [5, 5.41) is 11.8. The molecule has 0 bridgehead atoms. The van der Waals surface area contributed by atoms with Crippen molar-refractivity contribution in [2.75, 3.05) is 26.7 Å². The molecule has 2 atom stereocenters. The van der Waals surface area contributed by atoms with Crippen LogP contribution in [0.3, 0.4) is 0 Å². The molecule has 0 aliphatic carbocycles. The molecule has 114 valence electrons. The topological polar surface area (TPSA) is 90.0 Å². The zero-order chi connectivity index (χ0) is 15.4. The Bertz CT molecular complexity index is 397. The molecular weight excluding hydrogens is 262 g/mol. The lowest BCUT2D eigenvalue weighted by Crippen LogP contribution is -2.46. The Balaban J connectivity index is 2.54. The number of amides is 3. The third kappa shape index (κ3) is 4.11. The van der Waals surface area contributed by atoms with Gasteiger partial charge in [-0.05, 0) is 19.8 Å². The van der Waals surface area contributed by atoms with E-state index in [0.717, 1.165) is 0 Å². The molecule has 1 fully saturated rings. The number of carboxylic acid groups (broad SMARTS) is 1. The third-order valence-corrected chi connectivity index (χ3v) is 3.36. The Kier molecular flexibility index (Phi) is 5.35. The number of nitrogens with zero attached hydrogens (tertiary/aromatic N) is 2. The van der Waals surface area contributed by atoms with Gasteiger partial charge in [0.1, 0.15) is 6.54 Å². The smallest absolute Gasteiger partial charge is 0.320 e. The van der Waals surface area contributed by atoms with Crippen molar-refractivity contribution in [1.82, 2.24) is 15.1 Å². The molecule has 1 rings (SSSR count). The van der Waals surface area contributed by atoms with Crippen LogP contribution in [0.1, 0.15) is 20.8 Å². The van der Waals surface area contributed by atoms with Crippen molar-refractivity contribution in [1.29, 1.82) is 0 Å². The van der Waals surface area contributed by atoms with Gasteiger partial charge in [0.2, 0.25) is 5.91 Å². The number of likely N-dealkylation sites (tertiary alicyclic amines) is 1. The zero-order valence-electron chi connectivity index (χ0n) is 12.4. The van der Waals surface area contributed by atoms with Crippen LogP contribution in [0.15, 0.2) is 0 Å². The Morgan fingerprint density at radius 2 is 1.95 bits per heavy atom. The van der Waals surface area contributed by atoms with E-state index in [1.54, 1.807) is 7.05 Å². The largest absolute Gasteiger partial charge is 0.481 e. The number of carbonyl (C=O) groups excluding carboxylic acids is 2. The van der Waals surface area contributed by atoms with E-state index in [9.17, 15) is 14.4 Å². The van der Waals surface area contributed by atoms with Gasteiger partial charge in [-0.3, -0.25) is 9.59 Å². The molecule has 0 saturated carbocycles. The van der Waals surface area contributed by atoms with Crippen LogP contribution in [0.5, 0.6) is 0 Å². The molecule has 0 radical (unpaired) electrons. The highest BCUT2D eigenvalue weighted by Crippen LogP contribution is 2.23. The second-order valence-electron chi connectivity index (χ2n) is 5.69. The number of likely N-dealkylation sites (N-methyl/N-ethyl adjacent to an activating group) is 1. The first-order valence-electron chi connectivity index (χ1n) is 6.74. The van der Waals surface area contributed by atoms with Crippen molar-refractivity contribution in [2.45, 2.75) is 26.8 Å². The standard InChI is InChI=1S/C13H23N3O4/c1-8(2)14-11(17)7-15(4)13(20)16-5-9(3)10(6-16)12(18)19/h8-10H,5-7H2,1-4H3,(H,14,17)(H,18,19). The van der Waals surface area contributed by atoms with E-state index in [2.05, 4.69) is 5.32 Å². The normalized spacial score (nSPS) is 21.9. The van der Waals surface area contributed by atoms with Crippen molar-refractivity contribution < 1.29 is 19.5 Å². The number of rotatable bonds is 4. The van der Waals surface area contributed by atoms with Crippen LogP contribution in [-0.4, -0.2) is 65.5 Å². The fraction of sp³-hybridized carbons (Fsp3) is 0.769. The van der Waals surface area contributed by atoms with Crippen LogP contribution in [0.2, 0.25) is 0 Å². The van der Waals surface area contributed by atoms with Gasteiger partial charge in [0.15, 0.2) is 0 Å². The zero-order valence-corrected chi connectivity index (χ0v) is 12.4. The average Bonchev–Trinajstić information content (AvgIpc) is 2.69. The van der Waals surface area contributed by atoms with Crippen molar-refractivity contribution in [3.63, 3.8) is 0 Å². The van der Waals surface area contributed by atoms with Gasteiger partial charge in [-0.1, -0.05) is 6.92 Å². The summed E-state index contributed by atoms with van der Waals surface area (Å²) in [7, 11) is 1.54. The minimum Gasteiger partial charge on any atom is -0.481 e. The maximum absolute atomic E-state index is 12.2. The van der Waals surface area contributed by atoms with E-state index in [0.29, 0.717) is 6.54 Å². The third-order valence-electron chi connectivity index (χ3n) is 3.36. The Labute approximate surface area is 118 Å². The van der Waals surface area contributed by atoms with E-state index >= 15 is 0 Å². The van der Waals surface area contributed by atoms with Gasteiger partial charge in [0.05, 0.1) is 5.92 Å². The van der Waals surface area contributed by atoms with E-state index in [4.69, 9.17) is 5.11 Å². The fourth-order valence-electron chi connectivity index (χ4n) is 2.34. The van der Waals surface area contributed by atoms with Crippen LogP contribution < -0.4 is 5.32 Å². The molecular formula is C13H23N3O4. The summed E-state index contributed by atoms with van der Waals surface area (Å²) in [4.78, 5) is 37.6. The highest BCUT2D eigenvalue weighted by Gasteiger charge is 2.38. The molecule has 1 saturated heterocycles. The van der Waals surface area contributed by atoms with E-state index in [1.165, 1.54) is 9.80 Å². The van der Waals surface area contributed by atoms with Crippen molar-refractivity contribution >= 4 is 17.9 Å². The molecule has 20 heavy (non-hydrogen) atoms. The van der Waals surface area contributed by atoms with E-state index in [1.807, 2.05) is 20.8 Å². The van der Waals surface area contributed by atoms with E-state index in [-0.39, 0.29) is 37.0 Å². The molecule has 2 N–H and O–H groups in total. The molecule has 7 heteroatoms. The summed E-state index contributed by atoms with van der Waals surface area (Å²) < 4.78 is 0. The quantitative estimate of drug-likeness (QED) is 0.773. The molecule has 0 aromatic heterocycles. The van der Waals surface area contributed by atoms with Gasteiger partial charge in [-0.25, -0.2) is 4.79 Å². The molecule has 1 aliphatic rings. The molecule has 1 heterocycles. The molecule has 1 aliphatic heterocycles. The maximum atomic E-state index is 12.2. The van der Waals surface area contributed by atoms with Crippen LogP contribution in [-0.2, 0) is 9.59 Å². The first-order valence-corrected chi connectivity index (χ1v) is 6.74. The van der Waals surface area contributed by atoms with Gasteiger partial charge < -0.3 is 20.2 Å². The summed E-state index contributed by atoms with van der Waals surface area (Å²) >= 11 is 0. The van der Waals surface area contributed by atoms with Gasteiger partial charge in [-0.2, -0.15) is 0 Å². The van der Waals surface area contributed by atoms with Crippen molar-refractivity contribution in [3.05, 3.63) is 0 Å². The number of hydrogen-bond donors (Lipinski definition) is 2. The van der Waals surface area contributed by atoms with Crippen LogP contribution in [0.25, 0.3) is 0 Å². The summed E-state index contributed by atoms with van der Waals surface area (Å²) in [5.74, 6) is -1.71. The van der Waals surface area contributed by atoms with Gasteiger partial charge in [-0.15, -0.1) is 0 Å². The first-order chi connectivity index (χ1) is 9.22. The molecule has 0 aromatic carbocycles. The highest BCUT2D eigenvalue weighted by molar-refractivity contribution is 5.84. The number of carboxylic acids is 1. The number of urea groups is 1. The highest BCUT2D eigenvalue weighted by atomic mass is 16.4. The second-order valence-corrected chi connectivity index (χ2v) is 5.69. The lowest BCUT2D eigenvalue weighted by Gasteiger charge is -2.24. The summed E-state index contributed by atoms with van der Waals surface area (Å²) in [6.07, 6.45) is 0. The molecule has 2 unspecified atom stereocenters. The van der Waals surface area contributed by atoms with Crippen LogP contribution >= 0.6 is 0 Å². The predicted molar refractivity (Wildman–Crippen MR) is 73.2 cm³/mol. The number of carbonyl (C=O) groups is 3. The van der Waals surface area contributed by atoms with E-state index < -0.39 is 11.9 Å². The second kappa shape index (κ2) is 6.58. The molecule has 7 nitrogen and oxygen atoms in total. The molecule has 0 spiro atoms. The molecule has 0 aromatic rings. The minimum absolute atomic E-state index is 0.0224. The number of hydrogen-bond acceptors (Lipinski definition) is 3. The number of nitrogens with one attached hydrogen (secondary N) is 1. The average molecular weight is 285 g/mol. The SMILES string of the molecule is CC(C)NC(=O)CN(C)C(=O)N1CC(C)C(C(=O)O)C1. The number of aliphatic carboxylic acids is 1. The maximum Gasteiger partial charge on any atom is 0.320 e. The van der Waals surface area contributed by atoms with Crippen LogP contribution in [0.4, 0.5) is 4.79 Å².